The van der Waals surface area contributed by atoms with E-state index in [1.165, 1.54) is 0 Å². The second-order valence-electron chi connectivity index (χ2n) is 4.87. The third kappa shape index (κ3) is 2.94. The largest absolute Gasteiger partial charge is 0.493 e. The quantitative estimate of drug-likeness (QED) is 0.808. The van der Waals surface area contributed by atoms with Gasteiger partial charge in [-0.15, -0.1) is 0 Å². The maximum atomic E-state index is 9.96. The van der Waals surface area contributed by atoms with Crippen molar-refractivity contribution in [1.29, 1.82) is 0 Å². The Morgan fingerprint density at radius 2 is 1.94 bits per heavy atom. The monoisotopic (exact) mass is 251 g/mol. The molecule has 0 amide bonds. The third-order valence-electron chi connectivity index (χ3n) is 3.52. The van der Waals surface area contributed by atoms with Gasteiger partial charge in [-0.3, -0.25) is 0 Å². The molecular weight excluding hydrogens is 230 g/mol. The fourth-order valence-electron chi connectivity index (χ4n) is 2.19. The third-order valence-corrected chi connectivity index (χ3v) is 3.52. The van der Waals surface area contributed by atoms with Crippen LogP contribution in [0.5, 0.6) is 11.5 Å². The Hall–Kier alpha value is -1.26. The van der Waals surface area contributed by atoms with Crippen LogP contribution in [-0.4, -0.2) is 31.5 Å². The molecule has 0 saturated heterocycles. The molecule has 1 aromatic carbocycles. The van der Waals surface area contributed by atoms with E-state index in [-0.39, 0.29) is 0 Å². The zero-order valence-corrected chi connectivity index (χ0v) is 11.0. The van der Waals surface area contributed by atoms with Crippen LogP contribution in [0.4, 0.5) is 0 Å². The van der Waals surface area contributed by atoms with Gasteiger partial charge in [0.2, 0.25) is 0 Å². The lowest BCUT2D eigenvalue weighted by Gasteiger charge is -2.36. The van der Waals surface area contributed by atoms with Crippen LogP contribution < -0.4 is 14.8 Å². The van der Waals surface area contributed by atoms with Gasteiger partial charge in [-0.05, 0) is 37.0 Å². The normalized spacial score (nSPS) is 17.1. The summed E-state index contributed by atoms with van der Waals surface area (Å²) in [5, 5.41) is 13.3. The lowest BCUT2D eigenvalue weighted by atomic mass is 9.80. The van der Waals surface area contributed by atoms with Crippen molar-refractivity contribution in [3.63, 3.8) is 0 Å². The molecule has 0 unspecified atom stereocenters. The van der Waals surface area contributed by atoms with Crippen LogP contribution in [-0.2, 0) is 6.54 Å². The van der Waals surface area contributed by atoms with Crippen LogP contribution in [0.25, 0.3) is 0 Å². The van der Waals surface area contributed by atoms with Crippen molar-refractivity contribution in [1.82, 2.24) is 5.32 Å². The predicted octanol–water partition coefficient (Wildman–Crippen LogP) is 1.71. The summed E-state index contributed by atoms with van der Waals surface area (Å²) in [6, 6.07) is 5.85. The van der Waals surface area contributed by atoms with Crippen molar-refractivity contribution in [2.24, 2.45) is 0 Å². The summed E-state index contributed by atoms with van der Waals surface area (Å²) >= 11 is 0. The van der Waals surface area contributed by atoms with E-state index in [0.29, 0.717) is 6.54 Å². The van der Waals surface area contributed by atoms with Crippen molar-refractivity contribution < 1.29 is 14.6 Å². The van der Waals surface area contributed by atoms with Gasteiger partial charge in [-0.1, -0.05) is 6.07 Å². The predicted molar refractivity (Wildman–Crippen MR) is 70.1 cm³/mol. The summed E-state index contributed by atoms with van der Waals surface area (Å²) in [5.41, 5.74) is 0.645. The molecule has 0 bridgehead atoms. The Morgan fingerprint density at radius 3 is 2.50 bits per heavy atom. The first-order valence-corrected chi connectivity index (χ1v) is 6.31. The molecule has 1 aliphatic rings. The van der Waals surface area contributed by atoms with Gasteiger partial charge in [0.1, 0.15) is 0 Å². The summed E-state index contributed by atoms with van der Waals surface area (Å²) in [7, 11) is 3.26. The Bertz CT molecular complexity index is 402. The molecule has 2 N–H and O–H groups in total. The Kier molecular flexibility index (Phi) is 4.09. The number of methoxy groups -OCH3 is 2. The van der Waals surface area contributed by atoms with E-state index in [1.807, 2.05) is 18.2 Å². The number of hydrogen-bond acceptors (Lipinski definition) is 4. The fourth-order valence-corrected chi connectivity index (χ4v) is 2.19. The Labute approximate surface area is 108 Å². The van der Waals surface area contributed by atoms with Crippen molar-refractivity contribution in [2.45, 2.75) is 31.4 Å². The van der Waals surface area contributed by atoms with Crippen LogP contribution in [0.15, 0.2) is 18.2 Å². The summed E-state index contributed by atoms with van der Waals surface area (Å²) in [6.07, 6.45) is 2.95. The zero-order valence-electron chi connectivity index (χ0n) is 11.0. The van der Waals surface area contributed by atoms with Gasteiger partial charge in [0, 0.05) is 13.1 Å². The smallest absolute Gasteiger partial charge is 0.161 e. The first-order chi connectivity index (χ1) is 8.67. The molecule has 1 aromatic rings. The highest BCUT2D eigenvalue weighted by Crippen LogP contribution is 2.31. The molecular formula is C14H21NO3. The van der Waals surface area contributed by atoms with Crippen LogP contribution in [0, 0.1) is 0 Å². The molecule has 100 valence electrons. The molecule has 1 saturated carbocycles. The highest BCUT2D eigenvalue weighted by atomic mass is 16.5. The van der Waals surface area contributed by atoms with E-state index in [4.69, 9.17) is 9.47 Å². The number of benzene rings is 1. The van der Waals surface area contributed by atoms with Gasteiger partial charge in [0.15, 0.2) is 11.5 Å². The number of nitrogens with one attached hydrogen (secondary N) is 1. The van der Waals surface area contributed by atoms with Crippen LogP contribution >= 0.6 is 0 Å². The summed E-state index contributed by atoms with van der Waals surface area (Å²) in [5.74, 6) is 1.47. The number of aliphatic hydroxyl groups is 1. The van der Waals surface area contributed by atoms with Crippen molar-refractivity contribution in [2.75, 3.05) is 20.8 Å². The molecule has 1 fully saturated rings. The summed E-state index contributed by atoms with van der Waals surface area (Å²) in [6.45, 7) is 1.38. The number of rotatable bonds is 6. The van der Waals surface area contributed by atoms with Crippen LogP contribution in [0.3, 0.4) is 0 Å². The average molecular weight is 251 g/mol. The molecule has 2 rings (SSSR count). The van der Waals surface area contributed by atoms with E-state index in [0.717, 1.165) is 42.9 Å². The van der Waals surface area contributed by atoms with E-state index in [9.17, 15) is 5.11 Å². The molecule has 18 heavy (non-hydrogen) atoms. The van der Waals surface area contributed by atoms with Gasteiger partial charge in [-0.2, -0.15) is 0 Å². The van der Waals surface area contributed by atoms with E-state index in [1.54, 1.807) is 14.2 Å². The topological polar surface area (TPSA) is 50.7 Å². The second kappa shape index (κ2) is 5.59. The molecule has 4 heteroatoms. The van der Waals surface area contributed by atoms with Crippen molar-refractivity contribution in [3.8, 4) is 11.5 Å². The summed E-state index contributed by atoms with van der Waals surface area (Å²) < 4.78 is 10.4. The molecule has 1 aliphatic carbocycles. The molecule has 0 aromatic heterocycles. The molecule has 0 atom stereocenters. The Balaban J connectivity index is 1.89. The lowest BCUT2D eigenvalue weighted by molar-refractivity contribution is -0.0314. The standard InChI is InChI=1S/C14H21NO3/c1-17-12-5-4-11(8-13(12)18-2)9-15-10-14(16)6-3-7-14/h4-5,8,15-16H,3,6-7,9-10H2,1-2H3. The van der Waals surface area contributed by atoms with Gasteiger partial charge >= 0.3 is 0 Å². The average Bonchev–Trinajstić information content (AvgIpc) is 2.36. The minimum Gasteiger partial charge on any atom is -0.493 e. The summed E-state index contributed by atoms with van der Waals surface area (Å²) in [4.78, 5) is 0. The highest BCUT2D eigenvalue weighted by Gasteiger charge is 2.33. The van der Waals surface area contributed by atoms with Crippen LogP contribution in [0.2, 0.25) is 0 Å². The van der Waals surface area contributed by atoms with Crippen molar-refractivity contribution in [3.05, 3.63) is 23.8 Å². The van der Waals surface area contributed by atoms with E-state index in [2.05, 4.69) is 5.32 Å². The molecule has 0 aliphatic heterocycles. The zero-order chi connectivity index (χ0) is 13.0. The minimum atomic E-state index is -0.476. The molecule has 0 radical (unpaired) electrons. The maximum Gasteiger partial charge on any atom is 0.161 e. The number of hydrogen-bond donors (Lipinski definition) is 2. The van der Waals surface area contributed by atoms with Gasteiger partial charge in [0.05, 0.1) is 19.8 Å². The van der Waals surface area contributed by atoms with E-state index >= 15 is 0 Å². The maximum absolute atomic E-state index is 9.96. The van der Waals surface area contributed by atoms with Gasteiger partial charge in [-0.25, -0.2) is 0 Å². The first kappa shape index (κ1) is 13.2. The van der Waals surface area contributed by atoms with Crippen LogP contribution in [0.1, 0.15) is 24.8 Å². The van der Waals surface area contributed by atoms with Crippen molar-refractivity contribution >= 4 is 0 Å². The number of ether oxygens (including phenoxy) is 2. The molecule has 0 spiro atoms. The minimum absolute atomic E-state index is 0.476. The van der Waals surface area contributed by atoms with Gasteiger partial charge < -0.3 is 19.9 Å². The lowest BCUT2D eigenvalue weighted by Crippen LogP contribution is -2.45. The second-order valence-corrected chi connectivity index (χ2v) is 4.87. The Morgan fingerprint density at radius 1 is 1.22 bits per heavy atom. The van der Waals surface area contributed by atoms with Gasteiger partial charge in [0.25, 0.3) is 0 Å². The SMILES string of the molecule is COc1ccc(CNCC2(O)CCC2)cc1OC. The first-order valence-electron chi connectivity index (χ1n) is 6.31. The molecule has 4 nitrogen and oxygen atoms in total. The molecule has 0 heterocycles. The highest BCUT2D eigenvalue weighted by molar-refractivity contribution is 5.42. The fraction of sp³-hybridized carbons (Fsp3) is 0.571. The van der Waals surface area contributed by atoms with E-state index < -0.39 is 5.60 Å².